The zero-order chi connectivity index (χ0) is 5.28. The van der Waals surface area contributed by atoms with Crippen LogP contribution in [0, 0.1) is 5.92 Å². The fraction of sp³-hybridized carbons (Fsp3) is 0.429. The lowest BCUT2D eigenvalue weighted by Crippen LogP contribution is -1.71. The lowest BCUT2D eigenvalue weighted by molar-refractivity contribution is 0.907. The number of rotatable bonds is 2. The second-order valence-corrected chi connectivity index (χ2v) is 2.04. The zero-order valence-corrected chi connectivity index (χ0v) is 4.65. The van der Waals surface area contributed by atoms with Crippen molar-refractivity contribution in [3.8, 4) is 0 Å². The maximum absolute atomic E-state index is 3.64. The van der Waals surface area contributed by atoms with Crippen LogP contribution < -0.4 is 0 Å². The number of hydrogen-bond donors (Lipinski definition) is 0. The molecule has 0 aromatic rings. The third kappa shape index (κ3) is 0.923. The summed E-state index contributed by atoms with van der Waals surface area (Å²) in [6.45, 7) is 5.80. The molecule has 0 amide bonds. The summed E-state index contributed by atoms with van der Waals surface area (Å²) in [7, 11) is 0. The highest BCUT2D eigenvalue weighted by atomic mass is 14.2. The van der Waals surface area contributed by atoms with Crippen LogP contribution in [0.5, 0.6) is 0 Å². The Morgan fingerprint density at radius 3 is 2.71 bits per heavy atom. The average molecular weight is 94.2 g/mol. The van der Waals surface area contributed by atoms with E-state index in [1.54, 1.807) is 0 Å². The van der Waals surface area contributed by atoms with Crippen molar-refractivity contribution in [1.29, 1.82) is 0 Å². The van der Waals surface area contributed by atoms with Gasteiger partial charge < -0.3 is 0 Å². The highest BCUT2D eigenvalue weighted by Gasteiger charge is 2.16. The molecule has 1 unspecified atom stereocenters. The fourth-order valence-electron chi connectivity index (χ4n) is 0.703. The van der Waals surface area contributed by atoms with Crippen LogP contribution in [-0.2, 0) is 0 Å². The smallest absolute Gasteiger partial charge is 0.00114 e. The van der Waals surface area contributed by atoms with Gasteiger partial charge >= 0.3 is 0 Å². The summed E-state index contributed by atoms with van der Waals surface area (Å²) in [6.07, 6.45) is 5.38. The molecule has 7 heavy (non-hydrogen) atoms. The molecule has 0 aromatic heterocycles. The van der Waals surface area contributed by atoms with Crippen molar-refractivity contribution in [3.63, 3.8) is 0 Å². The molecule has 1 rings (SSSR count). The summed E-state index contributed by atoms with van der Waals surface area (Å²) >= 11 is 0. The second-order valence-electron chi connectivity index (χ2n) is 2.04. The molecule has 0 heterocycles. The molecule has 0 bridgehead atoms. The first kappa shape index (κ1) is 4.63. The van der Waals surface area contributed by atoms with Crippen LogP contribution in [0.4, 0.5) is 0 Å². The minimum Gasteiger partial charge on any atom is -0.103 e. The second kappa shape index (κ2) is 1.53. The highest BCUT2D eigenvalue weighted by Crippen LogP contribution is 2.30. The Morgan fingerprint density at radius 1 is 2.00 bits per heavy atom. The van der Waals surface area contributed by atoms with Gasteiger partial charge in [0.05, 0.1) is 0 Å². The first-order valence-corrected chi connectivity index (χ1v) is 2.64. The standard InChI is InChI=1S/C7H10/c1-3-4-7-5-6(7)2/h3,5,7H,1,4H2,2H3. The molecule has 0 spiro atoms. The first-order chi connectivity index (χ1) is 3.34. The third-order valence-corrected chi connectivity index (χ3v) is 1.36. The molecule has 1 aliphatic carbocycles. The molecule has 0 saturated heterocycles. The fourth-order valence-corrected chi connectivity index (χ4v) is 0.703. The van der Waals surface area contributed by atoms with Gasteiger partial charge in [-0.15, -0.1) is 6.58 Å². The molecule has 0 saturated carbocycles. The molecule has 1 atom stereocenters. The Kier molecular flexibility index (Phi) is 1.01. The maximum atomic E-state index is 3.64. The van der Waals surface area contributed by atoms with Gasteiger partial charge in [0.2, 0.25) is 0 Å². The Bertz CT molecular complexity index is 109. The van der Waals surface area contributed by atoms with Crippen LogP contribution in [0.2, 0.25) is 0 Å². The molecular formula is C7H10. The van der Waals surface area contributed by atoms with Gasteiger partial charge in [-0.25, -0.2) is 0 Å². The Morgan fingerprint density at radius 2 is 2.57 bits per heavy atom. The molecular weight excluding hydrogens is 84.1 g/mol. The third-order valence-electron chi connectivity index (χ3n) is 1.36. The Labute approximate surface area is 44.5 Å². The molecule has 38 valence electrons. The van der Waals surface area contributed by atoms with Gasteiger partial charge in [0, 0.05) is 5.92 Å². The lowest BCUT2D eigenvalue weighted by atomic mass is 10.2. The molecule has 0 nitrogen and oxygen atoms in total. The van der Waals surface area contributed by atoms with Gasteiger partial charge in [-0.1, -0.05) is 17.7 Å². The van der Waals surface area contributed by atoms with Crippen LogP contribution in [0.1, 0.15) is 13.3 Å². The summed E-state index contributed by atoms with van der Waals surface area (Å²) in [4.78, 5) is 0. The number of hydrogen-bond acceptors (Lipinski definition) is 0. The lowest BCUT2D eigenvalue weighted by Gasteiger charge is -1.84. The normalized spacial score (nSPS) is 26.4. The monoisotopic (exact) mass is 94.1 g/mol. The molecule has 0 aromatic carbocycles. The van der Waals surface area contributed by atoms with Crippen molar-refractivity contribution in [2.75, 3.05) is 0 Å². The van der Waals surface area contributed by atoms with E-state index in [-0.39, 0.29) is 0 Å². The summed E-state index contributed by atoms with van der Waals surface area (Å²) in [6, 6.07) is 0. The van der Waals surface area contributed by atoms with Gasteiger partial charge in [0.15, 0.2) is 0 Å². The Balaban J connectivity index is 2.13. The van der Waals surface area contributed by atoms with Gasteiger partial charge in [0.25, 0.3) is 0 Å². The van der Waals surface area contributed by atoms with E-state index in [1.807, 2.05) is 6.08 Å². The summed E-state index contributed by atoms with van der Waals surface area (Å²) in [5, 5.41) is 0. The van der Waals surface area contributed by atoms with E-state index in [0.717, 1.165) is 12.3 Å². The van der Waals surface area contributed by atoms with E-state index in [4.69, 9.17) is 0 Å². The maximum Gasteiger partial charge on any atom is 0.00114 e. The van der Waals surface area contributed by atoms with Crippen LogP contribution in [0.15, 0.2) is 24.3 Å². The van der Waals surface area contributed by atoms with E-state index in [2.05, 4.69) is 19.6 Å². The Hall–Kier alpha value is -0.520. The van der Waals surface area contributed by atoms with Crippen LogP contribution in [0.3, 0.4) is 0 Å². The van der Waals surface area contributed by atoms with Crippen LogP contribution >= 0.6 is 0 Å². The molecule has 0 heteroatoms. The molecule has 1 aliphatic rings. The predicted molar refractivity (Wildman–Crippen MR) is 32.1 cm³/mol. The van der Waals surface area contributed by atoms with E-state index in [0.29, 0.717) is 0 Å². The van der Waals surface area contributed by atoms with Crippen LogP contribution in [-0.4, -0.2) is 0 Å². The van der Waals surface area contributed by atoms with Crippen molar-refractivity contribution in [2.24, 2.45) is 5.92 Å². The van der Waals surface area contributed by atoms with Gasteiger partial charge in [0.1, 0.15) is 0 Å². The average Bonchev–Trinajstić information content (AvgIpc) is 2.22. The molecule has 0 radical (unpaired) electrons. The summed E-state index contributed by atoms with van der Waals surface area (Å²) < 4.78 is 0. The van der Waals surface area contributed by atoms with E-state index < -0.39 is 0 Å². The molecule has 0 N–H and O–H groups in total. The summed E-state index contributed by atoms with van der Waals surface area (Å²) in [5.41, 5.74) is 1.53. The largest absolute Gasteiger partial charge is 0.103 e. The topological polar surface area (TPSA) is 0 Å². The quantitative estimate of drug-likeness (QED) is 0.460. The van der Waals surface area contributed by atoms with E-state index >= 15 is 0 Å². The van der Waals surface area contributed by atoms with Crippen molar-refractivity contribution in [3.05, 3.63) is 24.3 Å². The van der Waals surface area contributed by atoms with E-state index in [9.17, 15) is 0 Å². The van der Waals surface area contributed by atoms with Gasteiger partial charge in [-0.05, 0) is 13.3 Å². The van der Waals surface area contributed by atoms with Crippen molar-refractivity contribution >= 4 is 0 Å². The van der Waals surface area contributed by atoms with Crippen molar-refractivity contribution in [1.82, 2.24) is 0 Å². The zero-order valence-electron chi connectivity index (χ0n) is 4.65. The van der Waals surface area contributed by atoms with E-state index in [1.165, 1.54) is 5.57 Å². The van der Waals surface area contributed by atoms with Crippen molar-refractivity contribution < 1.29 is 0 Å². The van der Waals surface area contributed by atoms with Gasteiger partial charge in [-0.3, -0.25) is 0 Å². The first-order valence-electron chi connectivity index (χ1n) is 2.64. The SMILES string of the molecule is C=CCC1C=C1C. The van der Waals surface area contributed by atoms with Gasteiger partial charge in [-0.2, -0.15) is 0 Å². The minimum absolute atomic E-state index is 0.789. The van der Waals surface area contributed by atoms with Crippen molar-refractivity contribution in [2.45, 2.75) is 13.3 Å². The number of allylic oxidation sites excluding steroid dienone is 3. The summed E-state index contributed by atoms with van der Waals surface area (Å²) in [5.74, 6) is 0.789. The predicted octanol–water partition coefficient (Wildman–Crippen LogP) is 2.14. The molecule has 0 fully saturated rings. The molecule has 0 aliphatic heterocycles. The minimum atomic E-state index is 0.789. The van der Waals surface area contributed by atoms with Crippen LogP contribution in [0.25, 0.3) is 0 Å². The highest BCUT2D eigenvalue weighted by molar-refractivity contribution is 5.27.